The molecule has 7 nitrogen and oxygen atoms in total. The normalized spacial score (nSPS) is 10.8. The van der Waals surface area contributed by atoms with E-state index in [1.165, 1.54) is 0 Å². The monoisotopic (exact) mass is 557 g/mol. The number of hydrogen-bond donors (Lipinski definition) is 2. The van der Waals surface area contributed by atoms with Crippen LogP contribution in [0.4, 0.5) is 5.69 Å². The van der Waals surface area contributed by atoms with Crippen molar-refractivity contribution in [1.29, 1.82) is 0 Å². The molecule has 2 radical (unpaired) electrons. The van der Waals surface area contributed by atoms with Gasteiger partial charge in [-0.05, 0) is 84.7 Å². The maximum absolute atomic E-state index is 11.2. The molecule has 0 saturated heterocycles. The molecule has 3 aromatic carbocycles. The van der Waals surface area contributed by atoms with Gasteiger partial charge in [-0.3, -0.25) is 9.59 Å². The van der Waals surface area contributed by atoms with E-state index in [1.807, 2.05) is 50.5 Å². The fourth-order valence-corrected chi connectivity index (χ4v) is 4.69. The van der Waals surface area contributed by atoms with Crippen LogP contribution in [0, 0.1) is 0 Å². The second-order valence-corrected chi connectivity index (χ2v) is 10.4. The number of carbonyl (C=O) groups is 2. The zero-order valence-electron chi connectivity index (χ0n) is 24.1. The number of anilines is 1. The molecule has 0 aliphatic carbocycles. The van der Waals surface area contributed by atoms with Crippen LogP contribution in [-0.2, 0) is 22.4 Å². The Labute approximate surface area is 244 Å². The maximum atomic E-state index is 11.2. The van der Waals surface area contributed by atoms with Crippen LogP contribution in [0.5, 0.6) is 11.5 Å². The minimum atomic E-state index is -0.859. The molecule has 3 aromatic rings. The summed E-state index contributed by atoms with van der Waals surface area (Å²) in [5, 5.41) is 18.0. The average molecular weight is 557 g/mol. The van der Waals surface area contributed by atoms with Crippen molar-refractivity contribution < 1.29 is 29.3 Å². The van der Waals surface area contributed by atoms with E-state index in [9.17, 15) is 14.7 Å². The highest BCUT2D eigenvalue weighted by atomic mass is 16.5. The van der Waals surface area contributed by atoms with E-state index in [0.29, 0.717) is 30.7 Å². The molecule has 0 heterocycles. The Kier molecular flexibility index (Phi) is 12.6. The lowest BCUT2D eigenvalue weighted by Crippen LogP contribution is -2.08. The summed E-state index contributed by atoms with van der Waals surface area (Å²) >= 11 is 0. The number of aryl methyl sites for hydroxylation is 1. The molecule has 0 bridgehead atoms. The van der Waals surface area contributed by atoms with Gasteiger partial charge in [-0.2, -0.15) is 0 Å². The lowest BCUT2D eigenvalue weighted by molar-refractivity contribution is -0.138. The zero-order chi connectivity index (χ0) is 29.6. The minimum absolute atomic E-state index is 0.0208. The number of carboxylic acid groups (broad SMARTS) is 2. The van der Waals surface area contributed by atoms with Crippen LogP contribution in [0.2, 0.25) is 0 Å². The van der Waals surface area contributed by atoms with Gasteiger partial charge in [0.05, 0.1) is 13.2 Å². The Balaban J connectivity index is 1.47. The largest absolute Gasteiger partial charge is 0.494 e. The van der Waals surface area contributed by atoms with Crippen LogP contribution in [0.3, 0.4) is 0 Å². The van der Waals surface area contributed by atoms with E-state index in [1.54, 1.807) is 0 Å². The third kappa shape index (κ3) is 10.9. The number of nitrogens with zero attached hydrogens (tertiary/aromatic N) is 1. The molecule has 8 heteroatoms. The fraction of sp³-hybridized carbons (Fsp3) is 0.394. The summed E-state index contributed by atoms with van der Waals surface area (Å²) < 4.78 is 11.9. The number of ether oxygens (including phenoxy) is 2. The zero-order valence-corrected chi connectivity index (χ0v) is 24.1. The highest BCUT2D eigenvalue weighted by Gasteiger charge is 2.12. The van der Waals surface area contributed by atoms with Crippen molar-refractivity contribution in [2.24, 2.45) is 0 Å². The first-order valence-corrected chi connectivity index (χ1v) is 14.2. The van der Waals surface area contributed by atoms with Crippen molar-refractivity contribution in [1.82, 2.24) is 0 Å². The van der Waals surface area contributed by atoms with Crippen LogP contribution >= 0.6 is 0 Å². The van der Waals surface area contributed by atoms with E-state index in [4.69, 9.17) is 22.4 Å². The topological polar surface area (TPSA) is 96.3 Å². The van der Waals surface area contributed by atoms with Crippen LogP contribution < -0.4 is 19.8 Å². The molecule has 2 N–H and O–H groups in total. The van der Waals surface area contributed by atoms with Gasteiger partial charge < -0.3 is 24.6 Å². The first-order valence-electron chi connectivity index (χ1n) is 14.2. The number of carboxylic acids is 2. The van der Waals surface area contributed by atoms with Gasteiger partial charge >= 0.3 is 11.9 Å². The SMILES string of the molecule is [B]c1cc(OCCCCCCc2cccc(OCCCC(=O)O)c2CCC(=O)O)cc(-c2ccc(N(C)C)cc2)c1. The predicted octanol–water partition coefficient (Wildman–Crippen LogP) is 5.66. The van der Waals surface area contributed by atoms with E-state index in [0.717, 1.165) is 65.8 Å². The Morgan fingerprint density at radius 1 is 0.756 bits per heavy atom. The summed E-state index contributed by atoms with van der Waals surface area (Å²) in [5.74, 6) is -0.300. The Morgan fingerprint density at radius 3 is 2.17 bits per heavy atom. The summed E-state index contributed by atoms with van der Waals surface area (Å²) in [6, 6.07) is 19.9. The third-order valence-corrected chi connectivity index (χ3v) is 6.87. The van der Waals surface area contributed by atoms with Crippen LogP contribution in [-0.4, -0.2) is 57.3 Å². The van der Waals surface area contributed by atoms with E-state index in [-0.39, 0.29) is 19.4 Å². The van der Waals surface area contributed by atoms with E-state index < -0.39 is 11.9 Å². The summed E-state index contributed by atoms with van der Waals surface area (Å²) in [5.41, 5.74) is 5.91. The van der Waals surface area contributed by atoms with Gasteiger partial charge in [0.15, 0.2) is 0 Å². The molecule has 0 aliphatic rings. The van der Waals surface area contributed by atoms with Crippen molar-refractivity contribution >= 4 is 30.9 Å². The molecular formula is C33H40BNO6. The van der Waals surface area contributed by atoms with Crippen molar-refractivity contribution in [3.63, 3.8) is 0 Å². The molecule has 0 atom stereocenters. The quantitative estimate of drug-likeness (QED) is 0.154. The molecule has 0 saturated carbocycles. The van der Waals surface area contributed by atoms with Crippen molar-refractivity contribution in [3.05, 3.63) is 71.8 Å². The molecule has 0 aliphatic heterocycles. The maximum Gasteiger partial charge on any atom is 0.303 e. The van der Waals surface area contributed by atoms with Gasteiger partial charge in [0.25, 0.3) is 0 Å². The lowest BCUT2D eigenvalue weighted by atomic mass is 9.92. The molecule has 0 amide bonds. The first kappa shape index (κ1) is 31.6. The van der Waals surface area contributed by atoms with Crippen molar-refractivity contribution in [3.8, 4) is 22.6 Å². The lowest BCUT2D eigenvalue weighted by Gasteiger charge is -2.15. The Bertz CT molecular complexity index is 1280. The number of aliphatic carboxylic acids is 2. The molecule has 3 rings (SSSR count). The summed E-state index contributed by atoms with van der Waals surface area (Å²) in [6.07, 6.45) is 5.59. The van der Waals surface area contributed by atoms with Gasteiger partial charge in [0, 0.05) is 32.6 Å². The molecule has 0 aromatic heterocycles. The van der Waals surface area contributed by atoms with Crippen LogP contribution in [0.15, 0.2) is 60.7 Å². The fourth-order valence-electron chi connectivity index (χ4n) is 4.69. The average Bonchev–Trinajstić information content (AvgIpc) is 2.93. The first-order chi connectivity index (χ1) is 19.7. The highest BCUT2D eigenvalue weighted by molar-refractivity contribution is 6.32. The minimum Gasteiger partial charge on any atom is -0.494 e. The second-order valence-electron chi connectivity index (χ2n) is 10.4. The highest BCUT2D eigenvalue weighted by Crippen LogP contribution is 2.27. The van der Waals surface area contributed by atoms with Gasteiger partial charge in [0.1, 0.15) is 19.3 Å². The van der Waals surface area contributed by atoms with Crippen LogP contribution in [0.1, 0.15) is 56.1 Å². The molecule has 0 unspecified atom stereocenters. The molecule has 0 spiro atoms. The van der Waals surface area contributed by atoms with Crippen LogP contribution in [0.25, 0.3) is 11.1 Å². The van der Waals surface area contributed by atoms with E-state index >= 15 is 0 Å². The summed E-state index contributed by atoms with van der Waals surface area (Å²) in [6.45, 7) is 0.888. The number of rotatable bonds is 18. The Hall–Kier alpha value is -3.94. The Morgan fingerprint density at radius 2 is 1.46 bits per heavy atom. The predicted molar refractivity (Wildman–Crippen MR) is 164 cm³/mol. The number of hydrogen-bond acceptors (Lipinski definition) is 5. The number of unbranched alkanes of at least 4 members (excludes halogenated alkanes) is 3. The summed E-state index contributed by atoms with van der Waals surface area (Å²) in [4.78, 5) is 24.0. The van der Waals surface area contributed by atoms with Gasteiger partial charge in [-0.25, -0.2) is 0 Å². The molecule has 216 valence electrons. The molecule has 41 heavy (non-hydrogen) atoms. The number of benzene rings is 3. The molecule has 0 fully saturated rings. The van der Waals surface area contributed by atoms with Gasteiger partial charge in [0.2, 0.25) is 0 Å². The second kappa shape index (κ2) is 16.4. The molecular weight excluding hydrogens is 517 g/mol. The standard InChI is InChI=1S/C33H40BNO6/c1-35(2)28-15-13-24(14-16-28)26-21-27(34)23-29(22-26)40-19-6-4-3-5-9-25-10-7-11-31(30(25)17-18-33(38)39)41-20-8-12-32(36)37/h7,10-11,13-16,21-23H,3-6,8-9,12,17-20H2,1-2H3,(H,36,37)(H,38,39). The van der Waals surface area contributed by atoms with Gasteiger partial charge in [-0.15, -0.1) is 0 Å². The van der Waals surface area contributed by atoms with E-state index in [2.05, 4.69) is 29.2 Å². The third-order valence-electron chi connectivity index (χ3n) is 6.87. The summed E-state index contributed by atoms with van der Waals surface area (Å²) in [7, 11) is 10.2. The van der Waals surface area contributed by atoms with Crippen molar-refractivity contribution in [2.45, 2.75) is 57.8 Å². The van der Waals surface area contributed by atoms with Gasteiger partial charge in [-0.1, -0.05) is 48.6 Å². The smallest absolute Gasteiger partial charge is 0.303 e. The van der Waals surface area contributed by atoms with Crippen molar-refractivity contribution in [2.75, 3.05) is 32.2 Å².